The number of benzene rings is 2. The highest BCUT2D eigenvalue weighted by Gasteiger charge is 2.31. The fraction of sp³-hybridized carbons (Fsp3) is 0.167. The molecule has 0 saturated heterocycles. The van der Waals surface area contributed by atoms with Gasteiger partial charge in [0.15, 0.2) is 0 Å². The van der Waals surface area contributed by atoms with Gasteiger partial charge in [-0.15, -0.1) is 0 Å². The lowest BCUT2D eigenvalue weighted by Crippen LogP contribution is -2.21. The van der Waals surface area contributed by atoms with Crippen LogP contribution in [0, 0.1) is 5.82 Å². The van der Waals surface area contributed by atoms with Gasteiger partial charge in [0.2, 0.25) is 11.8 Å². The molecule has 2 amide bonds. The molecule has 5 nitrogen and oxygen atoms in total. The Morgan fingerprint density at radius 1 is 1.04 bits per heavy atom. The van der Waals surface area contributed by atoms with Crippen LogP contribution in [0.2, 0.25) is 5.02 Å². The topological polar surface area (TPSA) is 70.6 Å². The summed E-state index contributed by atoms with van der Waals surface area (Å²) in [4.78, 5) is 23.5. The van der Waals surface area contributed by atoms with Crippen molar-refractivity contribution >= 4 is 35.3 Å². The number of hydrogen-bond donors (Lipinski definition) is 2. The molecule has 148 valence electrons. The lowest BCUT2D eigenvalue weighted by atomic mass is 10.2. The zero-order valence-electron chi connectivity index (χ0n) is 14.2. The van der Waals surface area contributed by atoms with E-state index >= 15 is 0 Å². The Balaban J connectivity index is 1.83. The maximum atomic E-state index is 12.8. The molecule has 2 N–H and O–H groups in total. The molecule has 0 saturated carbocycles. The predicted molar refractivity (Wildman–Crippen MR) is 96.5 cm³/mol. The first-order valence-electron chi connectivity index (χ1n) is 7.89. The summed E-state index contributed by atoms with van der Waals surface area (Å²) in [7, 11) is 0. The van der Waals surface area contributed by atoms with Crippen molar-refractivity contribution in [1.29, 1.82) is 0 Å². The van der Waals surface area contributed by atoms with Gasteiger partial charge in [-0.25, -0.2) is 9.82 Å². The minimum absolute atomic E-state index is 0.0605. The van der Waals surface area contributed by atoms with Crippen molar-refractivity contribution < 1.29 is 27.2 Å². The molecule has 0 radical (unpaired) electrons. The molecular formula is C18H14ClF4N3O2. The van der Waals surface area contributed by atoms with E-state index in [1.54, 1.807) is 0 Å². The Hall–Kier alpha value is -2.94. The Morgan fingerprint density at radius 2 is 1.68 bits per heavy atom. The summed E-state index contributed by atoms with van der Waals surface area (Å²) in [5, 5.41) is 5.84. The number of amides is 2. The van der Waals surface area contributed by atoms with E-state index < -0.39 is 29.4 Å². The molecule has 2 rings (SSSR count). The largest absolute Gasteiger partial charge is 0.416 e. The van der Waals surface area contributed by atoms with Crippen molar-refractivity contribution in [3.8, 4) is 0 Å². The SMILES string of the molecule is O=C(CCC(=O)Nc1cc(C(F)(F)F)ccc1Cl)N/N=C/c1ccc(F)cc1. The molecule has 0 fully saturated rings. The van der Waals surface area contributed by atoms with Crippen LogP contribution >= 0.6 is 11.6 Å². The molecule has 2 aromatic carbocycles. The molecule has 0 aliphatic rings. The zero-order valence-corrected chi connectivity index (χ0v) is 14.9. The Kier molecular flexibility index (Phi) is 7.11. The molecule has 0 spiro atoms. The van der Waals surface area contributed by atoms with E-state index in [1.807, 2.05) is 0 Å². The van der Waals surface area contributed by atoms with Crippen LogP contribution in [0.3, 0.4) is 0 Å². The van der Waals surface area contributed by atoms with E-state index in [9.17, 15) is 27.2 Å². The first-order chi connectivity index (χ1) is 13.1. The summed E-state index contributed by atoms with van der Waals surface area (Å²) in [6.45, 7) is 0. The number of rotatable bonds is 6. The molecule has 0 aliphatic heterocycles. The second kappa shape index (κ2) is 9.32. The highest BCUT2D eigenvalue weighted by Crippen LogP contribution is 2.33. The van der Waals surface area contributed by atoms with Gasteiger partial charge in [0.25, 0.3) is 0 Å². The number of nitrogens with one attached hydrogen (secondary N) is 2. The van der Waals surface area contributed by atoms with Crippen LogP contribution in [0.15, 0.2) is 47.6 Å². The van der Waals surface area contributed by atoms with Gasteiger partial charge in [-0.05, 0) is 35.9 Å². The van der Waals surface area contributed by atoms with Crippen molar-refractivity contribution in [3.63, 3.8) is 0 Å². The predicted octanol–water partition coefficient (Wildman–Crippen LogP) is 4.37. The van der Waals surface area contributed by atoms with Crippen LogP contribution in [0.25, 0.3) is 0 Å². The fourth-order valence-electron chi connectivity index (χ4n) is 2.02. The third-order valence-electron chi connectivity index (χ3n) is 3.42. The average molecular weight is 416 g/mol. The maximum absolute atomic E-state index is 12.8. The van der Waals surface area contributed by atoms with Crippen molar-refractivity contribution in [1.82, 2.24) is 5.43 Å². The van der Waals surface area contributed by atoms with E-state index in [-0.39, 0.29) is 23.6 Å². The molecule has 0 heterocycles. The van der Waals surface area contributed by atoms with Gasteiger partial charge in [0, 0.05) is 12.8 Å². The van der Waals surface area contributed by atoms with Crippen LogP contribution in [0.4, 0.5) is 23.2 Å². The molecule has 0 unspecified atom stereocenters. The molecule has 0 bridgehead atoms. The third-order valence-corrected chi connectivity index (χ3v) is 3.75. The number of carbonyl (C=O) groups is 2. The second-order valence-corrected chi connectivity index (χ2v) is 5.99. The molecule has 28 heavy (non-hydrogen) atoms. The molecular weight excluding hydrogens is 402 g/mol. The third kappa shape index (κ3) is 6.66. The monoisotopic (exact) mass is 415 g/mol. The standard InChI is InChI=1S/C18H14ClF4N3O2/c19-14-6-3-12(18(21,22)23)9-15(14)25-16(27)7-8-17(28)26-24-10-11-1-4-13(20)5-2-11/h1-6,9-10H,7-8H2,(H,25,27)(H,26,28)/b24-10+. The van der Waals surface area contributed by atoms with E-state index in [0.717, 1.165) is 12.1 Å². The van der Waals surface area contributed by atoms with E-state index in [0.29, 0.717) is 11.6 Å². The minimum atomic E-state index is -4.58. The molecule has 0 atom stereocenters. The van der Waals surface area contributed by atoms with Crippen LogP contribution in [0.1, 0.15) is 24.0 Å². The number of carbonyl (C=O) groups excluding carboxylic acids is 2. The van der Waals surface area contributed by atoms with Crippen molar-refractivity contribution in [3.05, 3.63) is 64.4 Å². The van der Waals surface area contributed by atoms with Gasteiger partial charge in [0.1, 0.15) is 5.82 Å². The van der Waals surface area contributed by atoms with Gasteiger partial charge >= 0.3 is 6.18 Å². The Morgan fingerprint density at radius 3 is 2.32 bits per heavy atom. The van der Waals surface area contributed by atoms with Crippen LogP contribution < -0.4 is 10.7 Å². The smallest absolute Gasteiger partial charge is 0.325 e. The van der Waals surface area contributed by atoms with Crippen molar-refractivity contribution in [2.75, 3.05) is 5.32 Å². The Bertz CT molecular complexity index is 883. The molecule has 0 aromatic heterocycles. The summed E-state index contributed by atoms with van der Waals surface area (Å²) in [6.07, 6.45) is -3.82. The summed E-state index contributed by atoms with van der Waals surface area (Å²) >= 11 is 5.79. The number of anilines is 1. The fourth-order valence-corrected chi connectivity index (χ4v) is 2.19. The number of halogens is 5. The minimum Gasteiger partial charge on any atom is -0.325 e. The van der Waals surface area contributed by atoms with E-state index in [4.69, 9.17) is 11.6 Å². The van der Waals surface area contributed by atoms with Crippen LogP contribution in [-0.2, 0) is 15.8 Å². The summed E-state index contributed by atoms with van der Waals surface area (Å²) in [5.74, 6) is -1.67. The van der Waals surface area contributed by atoms with Gasteiger partial charge in [-0.1, -0.05) is 23.7 Å². The highest BCUT2D eigenvalue weighted by molar-refractivity contribution is 6.33. The van der Waals surface area contributed by atoms with Gasteiger partial charge in [0.05, 0.1) is 22.5 Å². The van der Waals surface area contributed by atoms with E-state index in [1.165, 1.54) is 30.5 Å². The number of hydrogen-bond acceptors (Lipinski definition) is 3. The maximum Gasteiger partial charge on any atom is 0.416 e. The lowest BCUT2D eigenvalue weighted by molar-refractivity contribution is -0.137. The first-order valence-corrected chi connectivity index (χ1v) is 8.27. The van der Waals surface area contributed by atoms with Crippen LogP contribution in [-0.4, -0.2) is 18.0 Å². The summed E-state index contributed by atoms with van der Waals surface area (Å²) in [6, 6.07) is 7.90. The summed E-state index contributed by atoms with van der Waals surface area (Å²) in [5.41, 5.74) is 1.59. The number of alkyl halides is 3. The molecule has 0 aliphatic carbocycles. The number of nitrogens with zero attached hydrogens (tertiary/aromatic N) is 1. The summed E-state index contributed by atoms with van der Waals surface area (Å²) < 4.78 is 50.9. The Labute approximate surface area is 162 Å². The quantitative estimate of drug-likeness (QED) is 0.418. The van der Waals surface area contributed by atoms with Gasteiger partial charge in [-0.3, -0.25) is 9.59 Å². The average Bonchev–Trinajstić information content (AvgIpc) is 2.62. The highest BCUT2D eigenvalue weighted by atomic mass is 35.5. The molecule has 2 aromatic rings. The lowest BCUT2D eigenvalue weighted by Gasteiger charge is -2.11. The van der Waals surface area contributed by atoms with Crippen molar-refractivity contribution in [2.24, 2.45) is 5.10 Å². The molecule has 10 heteroatoms. The first kappa shape index (κ1) is 21.4. The normalized spacial score (nSPS) is 11.5. The van der Waals surface area contributed by atoms with Crippen LogP contribution in [0.5, 0.6) is 0 Å². The van der Waals surface area contributed by atoms with Gasteiger partial charge in [-0.2, -0.15) is 18.3 Å². The second-order valence-electron chi connectivity index (χ2n) is 5.59. The number of hydrazone groups is 1. The zero-order chi connectivity index (χ0) is 20.7. The van der Waals surface area contributed by atoms with Crippen molar-refractivity contribution in [2.45, 2.75) is 19.0 Å². The van der Waals surface area contributed by atoms with Gasteiger partial charge < -0.3 is 5.32 Å². The van der Waals surface area contributed by atoms with E-state index in [2.05, 4.69) is 15.8 Å².